The molecule has 0 aliphatic carbocycles. The molecule has 4 heteroatoms. The van der Waals surface area contributed by atoms with E-state index >= 15 is 0 Å². The second-order valence-corrected chi connectivity index (χ2v) is 4.10. The number of aryl methyl sites for hydroxylation is 1. The maximum absolute atomic E-state index is 12.3. The Labute approximate surface area is 104 Å². The second kappa shape index (κ2) is 4.07. The highest BCUT2D eigenvalue weighted by molar-refractivity contribution is 6.07. The van der Waals surface area contributed by atoms with Gasteiger partial charge in [0.2, 0.25) is 5.78 Å². The van der Waals surface area contributed by atoms with Gasteiger partial charge in [0.1, 0.15) is 12.0 Å². The largest absolute Gasteiger partial charge is 0.288 e. The van der Waals surface area contributed by atoms with E-state index in [1.54, 1.807) is 30.7 Å². The van der Waals surface area contributed by atoms with E-state index in [0.29, 0.717) is 16.9 Å². The quantitative estimate of drug-likeness (QED) is 0.642. The van der Waals surface area contributed by atoms with Gasteiger partial charge >= 0.3 is 0 Å². The van der Waals surface area contributed by atoms with Crippen LogP contribution in [0.2, 0.25) is 0 Å². The number of carbonyl (C=O) groups excluding carboxylic acids is 1. The third kappa shape index (κ3) is 1.68. The lowest BCUT2D eigenvalue weighted by atomic mass is 10.1. The van der Waals surface area contributed by atoms with Crippen LogP contribution in [0.25, 0.3) is 5.65 Å². The molecule has 0 atom stereocenters. The van der Waals surface area contributed by atoms with Gasteiger partial charge in [-0.1, -0.05) is 30.3 Å². The monoisotopic (exact) mass is 237 g/mol. The number of ketones is 1. The van der Waals surface area contributed by atoms with Gasteiger partial charge < -0.3 is 0 Å². The normalized spacial score (nSPS) is 10.7. The summed E-state index contributed by atoms with van der Waals surface area (Å²) in [5.74, 6) is -0.0672. The molecule has 4 nitrogen and oxygen atoms in total. The number of imidazole rings is 1. The number of benzene rings is 1. The summed E-state index contributed by atoms with van der Waals surface area (Å²) in [5, 5.41) is 0. The molecule has 0 aliphatic rings. The van der Waals surface area contributed by atoms with Crippen molar-refractivity contribution in [1.82, 2.24) is 14.4 Å². The van der Waals surface area contributed by atoms with E-state index in [0.717, 1.165) is 5.69 Å². The molecule has 0 saturated carbocycles. The number of hydrogen-bond acceptors (Lipinski definition) is 3. The Hall–Kier alpha value is -2.49. The van der Waals surface area contributed by atoms with E-state index in [-0.39, 0.29) is 5.78 Å². The highest BCUT2D eigenvalue weighted by Crippen LogP contribution is 2.11. The molecule has 0 N–H and O–H groups in total. The lowest BCUT2D eigenvalue weighted by Crippen LogP contribution is -2.06. The van der Waals surface area contributed by atoms with Crippen LogP contribution < -0.4 is 0 Å². The van der Waals surface area contributed by atoms with Crippen molar-refractivity contribution < 1.29 is 4.79 Å². The Kier molecular flexibility index (Phi) is 2.41. The third-order valence-electron chi connectivity index (χ3n) is 2.85. The minimum absolute atomic E-state index is 0.0672. The van der Waals surface area contributed by atoms with Crippen molar-refractivity contribution in [1.29, 1.82) is 0 Å². The Morgan fingerprint density at radius 2 is 2.00 bits per heavy atom. The highest BCUT2D eigenvalue weighted by Gasteiger charge is 2.12. The van der Waals surface area contributed by atoms with Crippen molar-refractivity contribution in [2.24, 2.45) is 0 Å². The van der Waals surface area contributed by atoms with Crippen molar-refractivity contribution in [2.75, 3.05) is 0 Å². The van der Waals surface area contributed by atoms with Crippen molar-refractivity contribution in [3.63, 3.8) is 0 Å². The van der Waals surface area contributed by atoms with Crippen LogP contribution in [-0.2, 0) is 0 Å². The van der Waals surface area contributed by atoms with Crippen molar-refractivity contribution in [2.45, 2.75) is 6.92 Å². The molecule has 1 aromatic carbocycles. The maximum Gasteiger partial charge on any atom is 0.211 e. The van der Waals surface area contributed by atoms with Crippen LogP contribution in [0.1, 0.15) is 21.7 Å². The first kappa shape index (κ1) is 10.7. The number of rotatable bonds is 2. The molecule has 0 unspecified atom stereocenters. The summed E-state index contributed by atoms with van der Waals surface area (Å²) in [6.45, 7) is 1.93. The standard InChI is InChI=1S/C14H11N3O/c1-10-7-12(16-13-8-15-9-17(10)13)14(18)11-5-3-2-4-6-11/h2-9H,1H3. The molecular formula is C14H11N3O. The first-order chi connectivity index (χ1) is 8.75. The van der Waals surface area contributed by atoms with Gasteiger partial charge in [-0.25, -0.2) is 9.97 Å². The molecule has 2 heterocycles. The van der Waals surface area contributed by atoms with Crippen LogP contribution in [-0.4, -0.2) is 20.2 Å². The first-order valence-electron chi connectivity index (χ1n) is 5.65. The lowest BCUT2D eigenvalue weighted by Gasteiger charge is -2.04. The minimum Gasteiger partial charge on any atom is -0.288 e. The first-order valence-corrected chi connectivity index (χ1v) is 5.65. The summed E-state index contributed by atoms with van der Waals surface area (Å²) >= 11 is 0. The fourth-order valence-electron chi connectivity index (χ4n) is 1.92. The summed E-state index contributed by atoms with van der Waals surface area (Å²) in [6.07, 6.45) is 3.34. The maximum atomic E-state index is 12.3. The van der Waals surface area contributed by atoms with E-state index in [1.165, 1.54) is 0 Å². The number of hydrogen-bond donors (Lipinski definition) is 0. The van der Waals surface area contributed by atoms with E-state index < -0.39 is 0 Å². The Balaban J connectivity index is 2.12. The summed E-state index contributed by atoms with van der Waals surface area (Å²) in [4.78, 5) is 20.6. The lowest BCUT2D eigenvalue weighted by molar-refractivity contribution is 0.103. The predicted molar refractivity (Wildman–Crippen MR) is 67.6 cm³/mol. The molecule has 0 bridgehead atoms. The Morgan fingerprint density at radius 1 is 1.22 bits per heavy atom. The predicted octanol–water partition coefficient (Wildman–Crippen LogP) is 2.27. The number of nitrogens with zero attached hydrogens (tertiary/aromatic N) is 3. The second-order valence-electron chi connectivity index (χ2n) is 4.10. The smallest absolute Gasteiger partial charge is 0.211 e. The van der Waals surface area contributed by atoms with Gasteiger partial charge in [0.15, 0.2) is 5.65 Å². The van der Waals surface area contributed by atoms with Crippen molar-refractivity contribution >= 4 is 11.4 Å². The minimum atomic E-state index is -0.0672. The van der Waals surface area contributed by atoms with Gasteiger partial charge in [-0.15, -0.1) is 0 Å². The van der Waals surface area contributed by atoms with E-state index in [9.17, 15) is 4.79 Å². The Bertz CT molecular complexity index is 716. The summed E-state index contributed by atoms with van der Waals surface area (Å²) in [7, 11) is 0. The van der Waals surface area contributed by atoms with Gasteiger partial charge in [0, 0.05) is 11.3 Å². The van der Waals surface area contributed by atoms with Gasteiger partial charge in [-0.2, -0.15) is 0 Å². The molecule has 18 heavy (non-hydrogen) atoms. The topological polar surface area (TPSA) is 47.3 Å². The number of carbonyl (C=O) groups is 1. The average molecular weight is 237 g/mol. The van der Waals surface area contributed by atoms with Gasteiger partial charge in [0.05, 0.1) is 6.20 Å². The Morgan fingerprint density at radius 3 is 2.78 bits per heavy atom. The van der Waals surface area contributed by atoms with Crippen LogP contribution in [0.3, 0.4) is 0 Å². The van der Waals surface area contributed by atoms with Crippen molar-refractivity contribution in [3.8, 4) is 0 Å². The number of aromatic nitrogens is 3. The van der Waals surface area contributed by atoms with Crippen molar-refractivity contribution in [3.05, 3.63) is 65.9 Å². The van der Waals surface area contributed by atoms with Crippen LogP contribution in [0.5, 0.6) is 0 Å². The summed E-state index contributed by atoms with van der Waals surface area (Å²) in [6, 6.07) is 10.9. The molecule has 0 saturated heterocycles. The molecule has 88 valence electrons. The van der Waals surface area contributed by atoms with E-state index in [1.807, 2.05) is 29.5 Å². The SMILES string of the molecule is Cc1cc(C(=O)c2ccccc2)nc2cncn12. The average Bonchev–Trinajstić information content (AvgIpc) is 2.88. The molecule has 0 aliphatic heterocycles. The molecule has 2 aromatic heterocycles. The zero-order valence-electron chi connectivity index (χ0n) is 9.87. The molecule has 0 fully saturated rings. The van der Waals surface area contributed by atoms with Gasteiger partial charge in [-0.3, -0.25) is 9.20 Å². The summed E-state index contributed by atoms with van der Waals surface area (Å²) in [5.41, 5.74) is 2.73. The van der Waals surface area contributed by atoms with Crippen LogP contribution in [0.15, 0.2) is 48.9 Å². The van der Waals surface area contributed by atoms with Crippen LogP contribution >= 0.6 is 0 Å². The molecule has 0 radical (unpaired) electrons. The van der Waals surface area contributed by atoms with Gasteiger partial charge in [-0.05, 0) is 13.0 Å². The molecule has 3 rings (SSSR count). The van der Waals surface area contributed by atoms with E-state index in [2.05, 4.69) is 9.97 Å². The molecule has 0 amide bonds. The third-order valence-corrected chi connectivity index (χ3v) is 2.85. The molecule has 0 spiro atoms. The number of fused-ring (bicyclic) bond motifs is 1. The van der Waals surface area contributed by atoms with E-state index in [4.69, 9.17) is 0 Å². The fraction of sp³-hybridized carbons (Fsp3) is 0.0714. The highest BCUT2D eigenvalue weighted by atomic mass is 16.1. The van der Waals surface area contributed by atoms with Gasteiger partial charge in [0.25, 0.3) is 0 Å². The fourth-order valence-corrected chi connectivity index (χ4v) is 1.92. The molecular weight excluding hydrogens is 226 g/mol. The molecule has 3 aromatic rings. The zero-order valence-corrected chi connectivity index (χ0v) is 9.87. The zero-order chi connectivity index (χ0) is 12.5. The van der Waals surface area contributed by atoms with Crippen LogP contribution in [0, 0.1) is 6.92 Å². The summed E-state index contributed by atoms with van der Waals surface area (Å²) < 4.78 is 1.85. The van der Waals surface area contributed by atoms with Crippen LogP contribution in [0.4, 0.5) is 0 Å².